The molecular formula is C15H18N2O2S. The molecule has 0 saturated heterocycles. The highest BCUT2D eigenvalue weighted by atomic mass is 32.1. The average molecular weight is 290 g/mol. The van der Waals surface area contributed by atoms with Crippen LogP contribution in [-0.2, 0) is 6.54 Å². The standard InChI is InChI=1S/C15H18N2O2S/c1-11(15-17-5-8-20-15)9-16-10-12-3-2-4-13-14(12)19-7-6-18-13/h2-5,8,11,16H,6-7,9-10H2,1H3. The average Bonchev–Trinajstić information content (AvgIpc) is 3.02. The summed E-state index contributed by atoms with van der Waals surface area (Å²) in [6, 6.07) is 6.04. The molecule has 106 valence electrons. The number of nitrogens with zero attached hydrogens (tertiary/aromatic N) is 1. The van der Waals surface area contributed by atoms with Gasteiger partial charge in [0.2, 0.25) is 0 Å². The molecule has 3 rings (SSSR count). The number of thiazole rings is 1. The predicted octanol–water partition coefficient (Wildman–Crippen LogP) is 2.81. The van der Waals surface area contributed by atoms with Gasteiger partial charge in [0.1, 0.15) is 13.2 Å². The van der Waals surface area contributed by atoms with Gasteiger partial charge in [-0.3, -0.25) is 0 Å². The van der Waals surface area contributed by atoms with Gasteiger partial charge < -0.3 is 14.8 Å². The summed E-state index contributed by atoms with van der Waals surface area (Å²) in [5, 5.41) is 6.66. The Morgan fingerprint density at radius 1 is 1.35 bits per heavy atom. The maximum absolute atomic E-state index is 5.71. The monoisotopic (exact) mass is 290 g/mol. The minimum atomic E-state index is 0.423. The highest BCUT2D eigenvalue weighted by molar-refractivity contribution is 7.09. The second kappa shape index (κ2) is 6.24. The van der Waals surface area contributed by atoms with E-state index in [2.05, 4.69) is 23.3 Å². The third-order valence-corrected chi connectivity index (χ3v) is 4.29. The van der Waals surface area contributed by atoms with E-state index in [0.717, 1.165) is 30.2 Å². The van der Waals surface area contributed by atoms with Crippen molar-refractivity contribution in [1.82, 2.24) is 10.3 Å². The van der Waals surface area contributed by atoms with E-state index in [1.54, 1.807) is 11.3 Å². The van der Waals surface area contributed by atoms with Gasteiger partial charge in [0, 0.05) is 36.1 Å². The number of aromatic nitrogens is 1. The van der Waals surface area contributed by atoms with Gasteiger partial charge in [-0.15, -0.1) is 11.3 Å². The number of ether oxygens (including phenoxy) is 2. The van der Waals surface area contributed by atoms with Gasteiger partial charge in [-0.05, 0) is 6.07 Å². The van der Waals surface area contributed by atoms with Crippen LogP contribution in [0.2, 0.25) is 0 Å². The van der Waals surface area contributed by atoms with Crippen molar-refractivity contribution in [3.05, 3.63) is 40.3 Å². The quantitative estimate of drug-likeness (QED) is 0.919. The fourth-order valence-electron chi connectivity index (χ4n) is 2.26. The minimum absolute atomic E-state index is 0.423. The molecule has 2 heterocycles. The smallest absolute Gasteiger partial charge is 0.165 e. The van der Waals surface area contributed by atoms with Crippen LogP contribution in [0.1, 0.15) is 23.4 Å². The Morgan fingerprint density at radius 2 is 2.25 bits per heavy atom. The summed E-state index contributed by atoms with van der Waals surface area (Å²) in [6.45, 7) is 5.12. The van der Waals surface area contributed by atoms with Crippen molar-refractivity contribution in [3.8, 4) is 11.5 Å². The minimum Gasteiger partial charge on any atom is -0.486 e. The Morgan fingerprint density at radius 3 is 3.10 bits per heavy atom. The molecule has 1 unspecified atom stereocenters. The first-order chi connectivity index (χ1) is 9.84. The fourth-order valence-corrected chi connectivity index (χ4v) is 2.96. The number of hydrogen-bond donors (Lipinski definition) is 1. The zero-order chi connectivity index (χ0) is 13.8. The number of para-hydroxylation sites is 1. The van der Waals surface area contributed by atoms with Crippen LogP contribution in [0.25, 0.3) is 0 Å². The first kappa shape index (κ1) is 13.4. The molecule has 4 nitrogen and oxygen atoms in total. The van der Waals surface area contributed by atoms with Gasteiger partial charge in [0.15, 0.2) is 11.5 Å². The van der Waals surface area contributed by atoms with E-state index in [-0.39, 0.29) is 0 Å². The summed E-state index contributed by atoms with van der Waals surface area (Å²) in [6.07, 6.45) is 1.86. The van der Waals surface area contributed by atoms with Gasteiger partial charge in [0.25, 0.3) is 0 Å². The molecule has 1 atom stereocenters. The van der Waals surface area contributed by atoms with E-state index in [9.17, 15) is 0 Å². The summed E-state index contributed by atoms with van der Waals surface area (Å²) in [5.41, 5.74) is 1.15. The van der Waals surface area contributed by atoms with Crippen LogP contribution in [0.5, 0.6) is 11.5 Å². The van der Waals surface area contributed by atoms with E-state index in [4.69, 9.17) is 9.47 Å². The molecule has 1 aromatic heterocycles. The van der Waals surface area contributed by atoms with Gasteiger partial charge in [-0.25, -0.2) is 4.98 Å². The molecule has 1 aliphatic heterocycles. The van der Waals surface area contributed by atoms with Crippen molar-refractivity contribution in [2.45, 2.75) is 19.4 Å². The summed E-state index contributed by atoms with van der Waals surface area (Å²) in [7, 11) is 0. The highest BCUT2D eigenvalue weighted by Gasteiger charge is 2.15. The van der Waals surface area contributed by atoms with Crippen molar-refractivity contribution in [2.24, 2.45) is 0 Å². The largest absolute Gasteiger partial charge is 0.486 e. The number of rotatable bonds is 5. The molecule has 0 aliphatic carbocycles. The molecule has 0 fully saturated rings. The van der Waals surface area contributed by atoms with Crippen molar-refractivity contribution in [3.63, 3.8) is 0 Å². The SMILES string of the molecule is CC(CNCc1cccc2c1OCCO2)c1nccs1. The zero-order valence-electron chi connectivity index (χ0n) is 11.5. The lowest BCUT2D eigenvalue weighted by Gasteiger charge is -2.21. The van der Waals surface area contributed by atoms with E-state index in [1.165, 1.54) is 5.01 Å². The van der Waals surface area contributed by atoms with E-state index in [0.29, 0.717) is 19.1 Å². The number of nitrogens with one attached hydrogen (secondary N) is 1. The Labute approximate surface area is 122 Å². The number of fused-ring (bicyclic) bond motifs is 1. The molecule has 0 amide bonds. The van der Waals surface area contributed by atoms with Crippen molar-refractivity contribution in [1.29, 1.82) is 0 Å². The van der Waals surface area contributed by atoms with Crippen LogP contribution in [0.15, 0.2) is 29.8 Å². The molecule has 0 radical (unpaired) electrons. The normalized spacial score (nSPS) is 15.1. The second-order valence-electron chi connectivity index (χ2n) is 4.84. The lowest BCUT2D eigenvalue weighted by Crippen LogP contribution is -2.22. The molecule has 1 N–H and O–H groups in total. The Bertz CT molecular complexity index is 557. The molecular weight excluding hydrogens is 272 g/mol. The van der Waals surface area contributed by atoms with Crippen molar-refractivity contribution >= 4 is 11.3 Å². The Kier molecular flexibility index (Phi) is 4.18. The molecule has 1 aliphatic rings. The summed E-state index contributed by atoms with van der Waals surface area (Å²) < 4.78 is 11.3. The highest BCUT2D eigenvalue weighted by Crippen LogP contribution is 2.33. The van der Waals surface area contributed by atoms with Crippen LogP contribution in [0, 0.1) is 0 Å². The molecule has 0 bridgehead atoms. The van der Waals surface area contributed by atoms with Gasteiger partial charge in [-0.1, -0.05) is 19.1 Å². The number of hydrogen-bond acceptors (Lipinski definition) is 5. The van der Waals surface area contributed by atoms with Gasteiger partial charge >= 0.3 is 0 Å². The maximum Gasteiger partial charge on any atom is 0.165 e. The maximum atomic E-state index is 5.71. The van der Waals surface area contributed by atoms with E-state index >= 15 is 0 Å². The first-order valence-electron chi connectivity index (χ1n) is 6.82. The Hall–Kier alpha value is -1.59. The van der Waals surface area contributed by atoms with Crippen LogP contribution in [0.3, 0.4) is 0 Å². The van der Waals surface area contributed by atoms with Crippen molar-refractivity contribution < 1.29 is 9.47 Å². The van der Waals surface area contributed by atoms with Crippen LogP contribution in [0.4, 0.5) is 0 Å². The fraction of sp³-hybridized carbons (Fsp3) is 0.400. The summed E-state index contributed by atoms with van der Waals surface area (Å²) in [4.78, 5) is 4.35. The van der Waals surface area contributed by atoms with Crippen LogP contribution >= 0.6 is 11.3 Å². The molecule has 0 saturated carbocycles. The van der Waals surface area contributed by atoms with Gasteiger partial charge in [-0.2, -0.15) is 0 Å². The first-order valence-corrected chi connectivity index (χ1v) is 7.70. The molecule has 2 aromatic rings. The number of benzene rings is 1. The molecule has 0 spiro atoms. The summed E-state index contributed by atoms with van der Waals surface area (Å²) >= 11 is 1.70. The molecule has 1 aromatic carbocycles. The zero-order valence-corrected chi connectivity index (χ0v) is 12.3. The second-order valence-corrected chi connectivity index (χ2v) is 5.77. The predicted molar refractivity (Wildman–Crippen MR) is 79.7 cm³/mol. The third kappa shape index (κ3) is 2.94. The van der Waals surface area contributed by atoms with Crippen molar-refractivity contribution in [2.75, 3.05) is 19.8 Å². The van der Waals surface area contributed by atoms with Crippen LogP contribution < -0.4 is 14.8 Å². The topological polar surface area (TPSA) is 43.4 Å². The molecule has 20 heavy (non-hydrogen) atoms. The third-order valence-electron chi connectivity index (χ3n) is 3.29. The van der Waals surface area contributed by atoms with E-state index < -0.39 is 0 Å². The van der Waals surface area contributed by atoms with Crippen LogP contribution in [-0.4, -0.2) is 24.7 Å². The Balaban J connectivity index is 1.59. The lowest BCUT2D eigenvalue weighted by atomic mass is 10.1. The lowest BCUT2D eigenvalue weighted by molar-refractivity contribution is 0.169. The van der Waals surface area contributed by atoms with E-state index in [1.807, 2.05) is 23.7 Å². The molecule has 5 heteroatoms. The summed E-state index contributed by atoms with van der Waals surface area (Å²) in [5.74, 6) is 2.16. The van der Waals surface area contributed by atoms with Gasteiger partial charge in [0.05, 0.1) is 5.01 Å².